The number of hydrogen-bond acceptors (Lipinski definition) is 10. The number of H-pyrrole nitrogens is 2. The molecule has 0 radical (unpaired) electrons. The zero-order chi connectivity index (χ0) is 40.3. The average Bonchev–Trinajstić information content (AvgIpc) is 4.02. The second kappa shape index (κ2) is 17.0. The molecule has 2 aliphatic rings. The number of carbonyl (C=O) groups excluding carboxylic acids is 4. The van der Waals surface area contributed by atoms with Gasteiger partial charge in [-0.2, -0.15) is 0 Å². The van der Waals surface area contributed by atoms with Crippen LogP contribution in [0.25, 0.3) is 33.6 Å². The second-order valence-electron chi connectivity index (χ2n) is 15.0. The van der Waals surface area contributed by atoms with Crippen molar-refractivity contribution in [2.45, 2.75) is 76.9 Å². The van der Waals surface area contributed by atoms with Crippen molar-refractivity contribution in [3.63, 3.8) is 0 Å². The summed E-state index contributed by atoms with van der Waals surface area (Å²) in [5.74, 6) is 0.0612. The lowest BCUT2D eigenvalue weighted by Gasteiger charge is -2.29. The van der Waals surface area contributed by atoms with E-state index in [4.69, 9.17) is 9.47 Å². The minimum absolute atomic E-state index is 0.126. The number of imidazole rings is 2. The highest BCUT2D eigenvalue weighted by Crippen LogP contribution is 2.35. The van der Waals surface area contributed by atoms with E-state index in [0.29, 0.717) is 24.5 Å². The summed E-state index contributed by atoms with van der Waals surface area (Å²) in [7, 11) is 2.49. The Morgan fingerprint density at radius 2 is 0.982 bits per heavy atom. The van der Waals surface area contributed by atoms with E-state index in [1.54, 1.807) is 22.2 Å². The van der Waals surface area contributed by atoms with Crippen molar-refractivity contribution >= 4 is 24.0 Å². The van der Waals surface area contributed by atoms with Gasteiger partial charge in [-0.3, -0.25) is 9.59 Å². The van der Waals surface area contributed by atoms with Crippen molar-refractivity contribution < 1.29 is 38.9 Å². The summed E-state index contributed by atoms with van der Waals surface area (Å²) in [5.41, 5.74) is 5.29. The second-order valence-corrected chi connectivity index (χ2v) is 15.0. The Bertz CT molecular complexity index is 1870. The molecule has 2 saturated heterocycles. The molecule has 16 nitrogen and oxygen atoms in total. The number of aliphatic hydroxyl groups is 2. The van der Waals surface area contributed by atoms with Crippen molar-refractivity contribution in [1.82, 2.24) is 40.4 Å². The van der Waals surface area contributed by atoms with Gasteiger partial charge in [-0.15, -0.1) is 0 Å². The van der Waals surface area contributed by atoms with Gasteiger partial charge in [-0.05, 0) is 34.1 Å². The smallest absolute Gasteiger partial charge is 0.407 e. The van der Waals surface area contributed by atoms with Gasteiger partial charge in [-0.25, -0.2) is 19.6 Å². The SMILES string of the molecule is COC(=O)N[C@H](C(=O)N1C[C@@H](O)C[C@H]1c1ncc(-c2ccc(-c3ccc(-c4cnc([C@@H]5C[C@H](O)CN5C(=O)[C@@H](NC(=O)OC)C(C)C)[nH]4)cc3)cc2)[nH]1)C(C)C. The Balaban J connectivity index is 1.13. The lowest BCUT2D eigenvalue weighted by atomic mass is 10.0. The third kappa shape index (κ3) is 8.55. The molecule has 298 valence electrons. The fourth-order valence-corrected chi connectivity index (χ4v) is 7.38. The number of likely N-dealkylation sites (tertiary alicyclic amines) is 2. The van der Waals surface area contributed by atoms with Crippen LogP contribution in [-0.4, -0.2) is 116 Å². The molecular formula is C40H50N8O8. The number of nitrogens with one attached hydrogen (secondary N) is 4. The summed E-state index contributed by atoms with van der Waals surface area (Å²) in [5, 5.41) is 26.3. The van der Waals surface area contributed by atoms with E-state index >= 15 is 0 Å². The Morgan fingerprint density at radius 1 is 0.643 bits per heavy atom. The van der Waals surface area contributed by atoms with Gasteiger partial charge in [-0.1, -0.05) is 76.2 Å². The molecule has 0 aliphatic carbocycles. The van der Waals surface area contributed by atoms with Crippen LogP contribution in [0.3, 0.4) is 0 Å². The molecule has 6 N–H and O–H groups in total. The number of nitrogens with zero attached hydrogens (tertiary/aromatic N) is 4. The molecule has 0 saturated carbocycles. The lowest BCUT2D eigenvalue weighted by Crippen LogP contribution is -2.51. The van der Waals surface area contributed by atoms with Crippen LogP contribution >= 0.6 is 0 Å². The van der Waals surface area contributed by atoms with Crippen LogP contribution in [0, 0.1) is 11.8 Å². The van der Waals surface area contributed by atoms with Gasteiger partial charge in [0.1, 0.15) is 23.7 Å². The van der Waals surface area contributed by atoms with Crippen molar-refractivity contribution in [2.24, 2.45) is 11.8 Å². The largest absolute Gasteiger partial charge is 0.453 e. The Morgan fingerprint density at radius 3 is 1.30 bits per heavy atom. The molecule has 16 heteroatoms. The molecule has 2 fully saturated rings. The molecule has 0 bridgehead atoms. The van der Waals surface area contributed by atoms with Gasteiger partial charge < -0.3 is 50.1 Å². The topological polar surface area (TPSA) is 215 Å². The maximum atomic E-state index is 13.6. The number of hydrogen-bond donors (Lipinski definition) is 6. The Hall–Kier alpha value is -5.74. The molecule has 2 aromatic carbocycles. The maximum absolute atomic E-state index is 13.6. The van der Waals surface area contributed by atoms with Gasteiger partial charge in [0.15, 0.2) is 0 Å². The van der Waals surface area contributed by atoms with Gasteiger partial charge in [0.05, 0.1) is 62.3 Å². The third-order valence-corrected chi connectivity index (χ3v) is 10.5. The molecule has 4 amide bonds. The molecule has 2 aromatic heterocycles. The van der Waals surface area contributed by atoms with Crippen molar-refractivity contribution in [2.75, 3.05) is 27.3 Å². The number of benzene rings is 2. The van der Waals surface area contributed by atoms with Crippen LogP contribution in [0.4, 0.5) is 9.59 Å². The van der Waals surface area contributed by atoms with Crippen molar-refractivity contribution in [3.8, 4) is 33.6 Å². The number of β-amino-alcohol motifs (C(OH)–C–C–N with tert-alkyl or cyclic N) is 2. The van der Waals surface area contributed by atoms with E-state index in [-0.39, 0.29) is 36.7 Å². The fourth-order valence-electron chi connectivity index (χ4n) is 7.38. The molecule has 0 spiro atoms. The molecule has 6 atom stereocenters. The van der Waals surface area contributed by atoms with Crippen LogP contribution in [-0.2, 0) is 19.1 Å². The zero-order valence-electron chi connectivity index (χ0n) is 32.4. The lowest BCUT2D eigenvalue weighted by molar-refractivity contribution is -0.136. The van der Waals surface area contributed by atoms with E-state index in [0.717, 1.165) is 33.6 Å². The van der Waals surface area contributed by atoms with Gasteiger partial charge in [0, 0.05) is 25.9 Å². The van der Waals surface area contributed by atoms with Gasteiger partial charge in [0.2, 0.25) is 11.8 Å². The molecule has 56 heavy (non-hydrogen) atoms. The number of methoxy groups -OCH3 is 2. The van der Waals surface area contributed by atoms with E-state index in [2.05, 4.69) is 30.6 Å². The predicted octanol–water partition coefficient (Wildman–Crippen LogP) is 4.16. The molecule has 0 unspecified atom stereocenters. The number of aromatic nitrogens is 4. The number of alkyl carbamates (subject to hydrolysis) is 2. The summed E-state index contributed by atoms with van der Waals surface area (Å²) >= 11 is 0. The summed E-state index contributed by atoms with van der Waals surface area (Å²) in [6.07, 6.45) is 1.19. The van der Waals surface area contributed by atoms with Crippen LogP contribution < -0.4 is 10.6 Å². The average molecular weight is 771 g/mol. The maximum Gasteiger partial charge on any atom is 0.407 e. The quantitative estimate of drug-likeness (QED) is 0.128. The van der Waals surface area contributed by atoms with Gasteiger partial charge in [0.25, 0.3) is 0 Å². The highest BCUT2D eigenvalue weighted by Gasteiger charge is 2.42. The number of ether oxygens (including phenoxy) is 2. The summed E-state index contributed by atoms with van der Waals surface area (Å²) in [6, 6.07) is 13.4. The zero-order valence-corrected chi connectivity index (χ0v) is 32.4. The van der Waals surface area contributed by atoms with Crippen LogP contribution in [0.5, 0.6) is 0 Å². The highest BCUT2D eigenvalue weighted by atomic mass is 16.5. The monoisotopic (exact) mass is 770 g/mol. The number of amides is 4. The number of rotatable bonds is 11. The van der Waals surface area contributed by atoms with Crippen LogP contribution in [0.1, 0.15) is 64.3 Å². The molecular weight excluding hydrogens is 720 g/mol. The third-order valence-electron chi connectivity index (χ3n) is 10.5. The molecule has 4 aromatic rings. The normalized spacial score (nSPS) is 20.6. The molecule has 2 aliphatic heterocycles. The minimum atomic E-state index is -0.819. The minimum Gasteiger partial charge on any atom is -0.453 e. The molecule has 6 rings (SSSR count). The van der Waals surface area contributed by atoms with Crippen LogP contribution in [0.15, 0.2) is 60.9 Å². The van der Waals surface area contributed by atoms with E-state index in [1.807, 2.05) is 76.2 Å². The van der Waals surface area contributed by atoms with E-state index in [9.17, 15) is 29.4 Å². The van der Waals surface area contributed by atoms with Crippen molar-refractivity contribution in [3.05, 3.63) is 72.6 Å². The first-order valence-electron chi connectivity index (χ1n) is 18.7. The van der Waals surface area contributed by atoms with E-state index in [1.165, 1.54) is 14.2 Å². The van der Waals surface area contributed by atoms with E-state index < -0.39 is 48.6 Å². The fraction of sp³-hybridized carbons (Fsp3) is 0.450. The first-order chi connectivity index (χ1) is 26.8. The first kappa shape index (κ1) is 39.9. The van der Waals surface area contributed by atoms with Crippen molar-refractivity contribution in [1.29, 1.82) is 0 Å². The van der Waals surface area contributed by atoms with Crippen LogP contribution in [0.2, 0.25) is 0 Å². The highest BCUT2D eigenvalue weighted by molar-refractivity contribution is 5.87. The molecule has 4 heterocycles. The number of carbonyl (C=O) groups is 4. The summed E-state index contributed by atoms with van der Waals surface area (Å²) in [6.45, 7) is 7.59. The summed E-state index contributed by atoms with van der Waals surface area (Å²) < 4.78 is 9.44. The summed E-state index contributed by atoms with van der Waals surface area (Å²) in [4.78, 5) is 70.0. The van der Waals surface area contributed by atoms with Gasteiger partial charge >= 0.3 is 12.2 Å². The Labute approximate surface area is 325 Å². The standard InChI is InChI=1S/C40H50N8O8/c1-21(2)33(45-39(53)55-5)37(51)47-19-27(49)15-31(47)35-41-17-29(43-35)25-11-7-23(8-12-25)24-9-13-26(14-10-24)30-18-42-36(44-30)32-16-28(50)20-48(32)38(52)34(22(3)4)46-40(54)56-6/h7-14,17-18,21-22,27-28,31-34,49-50H,15-16,19-20H2,1-6H3,(H,41,43)(H,42,44)(H,45,53)(H,46,54)/t27-,28-,31-,32-,33-,34-/m0/s1. The number of aliphatic hydroxyl groups excluding tert-OH is 2. The Kier molecular flexibility index (Phi) is 12.1. The number of aromatic amines is 2. The first-order valence-corrected chi connectivity index (χ1v) is 18.7. The predicted molar refractivity (Wildman–Crippen MR) is 206 cm³/mol.